The summed E-state index contributed by atoms with van der Waals surface area (Å²) in [6, 6.07) is 0.133. The van der Waals surface area contributed by atoms with Gasteiger partial charge in [-0.3, -0.25) is 19.6 Å². The summed E-state index contributed by atoms with van der Waals surface area (Å²) in [6.45, 7) is 0. The SMILES string of the molecule is CN(C)NC(=O)[C@@H]1CC[C@H]2CC1C(=O)N2OP. The lowest BCUT2D eigenvalue weighted by molar-refractivity contribution is -0.156. The van der Waals surface area contributed by atoms with E-state index in [0.717, 1.165) is 19.3 Å². The number of carbonyl (C=O) groups is 2. The molecule has 2 aliphatic rings. The van der Waals surface area contributed by atoms with Crippen LogP contribution in [0.4, 0.5) is 0 Å². The van der Waals surface area contributed by atoms with Crippen molar-refractivity contribution in [3.63, 3.8) is 0 Å². The first kappa shape index (κ1) is 12.7. The molecule has 1 saturated carbocycles. The van der Waals surface area contributed by atoms with Gasteiger partial charge >= 0.3 is 0 Å². The van der Waals surface area contributed by atoms with Gasteiger partial charge in [0.2, 0.25) is 5.91 Å². The van der Waals surface area contributed by atoms with Crippen molar-refractivity contribution in [1.29, 1.82) is 0 Å². The average molecular weight is 259 g/mol. The van der Waals surface area contributed by atoms with E-state index in [-0.39, 0.29) is 29.7 Å². The van der Waals surface area contributed by atoms with Crippen LogP contribution in [0.25, 0.3) is 0 Å². The van der Waals surface area contributed by atoms with E-state index in [1.165, 1.54) is 5.06 Å². The number of amides is 2. The summed E-state index contributed by atoms with van der Waals surface area (Å²) in [4.78, 5) is 24.0. The van der Waals surface area contributed by atoms with Gasteiger partial charge in [0.05, 0.1) is 17.9 Å². The number of hydrogen-bond acceptors (Lipinski definition) is 4. The zero-order valence-electron chi connectivity index (χ0n) is 10.0. The fourth-order valence-electron chi connectivity index (χ4n) is 2.73. The number of nitrogens with one attached hydrogen (secondary N) is 1. The molecule has 96 valence electrons. The van der Waals surface area contributed by atoms with Crippen molar-refractivity contribution in [2.24, 2.45) is 11.8 Å². The van der Waals surface area contributed by atoms with E-state index < -0.39 is 0 Å². The van der Waals surface area contributed by atoms with Crippen LogP contribution in [0.5, 0.6) is 0 Å². The average Bonchev–Trinajstić information content (AvgIpc) is 2.50. The second kappa shape index (κ2) is 4.88. The molecule has 7 heteroatoms. The Labute approximate surface area is 103 Å². The topological polar surface area (TPSA) is 61.9 Å². The summed E-state index contributed by atoms with van der Waals surface area (Å²) < 4.78 is 5.00. The molecule has 0 aromatic heterocycles. The van der Waals surface area contributed by atoms with Crippen molar-refractivity contribution in [1.82, 2.24) is 15.5 Å². The smallest absolute Gasteiger partial charge is 0.250 e. The standard InChI is InChI=1S/C10H18N3O3P/c1-12(2)11-9(14)7-4-3-6-5-8(7)10(15)13(6)16-17/h6-8H,3-5,17H2,1-2H3,(H,11,14)/t6-,7+,8?/m0/s1. The van der Waals surface area contributed by atoms with Crippen molar-refractivity contribution in [3.8, 4) is 0 Å². The molecule has 2 unspecified atom stereocenters. The van der Waals surface area contributed by atoms with Crippen molar-refractivity contribution >= 4 is 21.3 Å². The minimum Gasteiger partial charge on any atom is -0.289 e. The highest BCUT2D eigenvalue weighted by molar-refractivity contribution is 7.09. The maximum absolute atomic E-state index is 12.0. The maximum atomic E-state index is 12.0. The van der Waals surface area contributed by atoms with Crippen LogP contribution >= 0.6 is 9.47 Å². The van der Waals surface area contributed by atoms with Gasteiger partial charge in [-0.2, -0.15) is 0 Å². The highest BCUT2D eigenvalue weighted by atomic mass is 31.0. The fourth-order valence-corrected chi connectivity index (χ4v) is 3.01. The number of hydroxylamine groups is 2. The molecule has 2 amide bonds. The zero-order valence-corrected chi connectivity index (χ0v) is 11.2. The molecule has 2 fully saturated rings. The predicted molar refractivity (Wildman–Crippen MR) is 64.1 cm³/mol. The molecule has 0 spiro atoms. The number of rotatable bonds is 3. The lowest BCUT2D eigenvalue weighted by Gasteiger charge is -2.26. The van der Waals surface area contributed by atoms with Gasteiger partial charge < -0.3 is 0 Å². The normalized spacial score (nSPS) is 32.1. The van der Waals surface area contributed by atoms with Gasteiger partial charge in [-0.05, 0) is 19.3 Å². The van der Waals surface area contributed by atoms with Crippen LogP contribution in [0.15, 0.2) is 0 Å². The minimum atomic E-state index is -0.230. The lowest BCUT2D eigenvalue weighted by atomic mass is 9.79. The summed E-state index contributed by atoms with van der Waals surface area (Å²) in [7, 11) is 5.63. The van der Waals surface area contributed by atoms with E-state index in [9.17, 15) is 9.59 Å². The molecule has 17 heavy (non-hydrogen) atoms. The Bertz CT molecular complexity index is 337. The van der Waals surface area contributed by atoms with E-state index >= 15 is 0 Å². The monoisotopic (exact) mass is 259 g/mol. The van der Waals surface area contributed by atoms with Crippen molar-refractivity contribution in [2.45, 2.75) is 25.3 Å². The highest BCUT2D eigenvalue weighted by Gasteiger charge is 2.50. The van der Waals surface area contributed by atoms with Crippen molar-refractivity contribution < 1.29 is 14.2 Å². The van der Waals surface area contributed by atoms with Gasteiger partial charge in [-0.25, -0.2) is 10.1 Å². The summed E-state index contributed by atoms with van der Waals surface area (Å²) in [5, 5.41) is 3.01. The number of hydrogen-bond donors (Lipinski definition) is 1. The van der Waals surface area contributed by atoms with Crippen LogP contribution in [0.3, 0.4) is 0 Å². The van der Waals surface area contributed by atoms with Crippen LogP contribution in [0.2, 0.25) is 0 Å². The van der Waals surface area contributed by atoms with Crippen LogP contribution in [-0.4, -0.2) is 42.0 Å². The Kier molecular flexibility index (Phi) is 3.66. The molecule has 0 radical (unpaired) electrons. The largest absolute Gasteiger partial charge is 0.289 e. The molecule has 2 bridgehead atoms. The molecule has 4 atom stereocenters. The first-order valence-electron chi connectivity index (χ1n) is 5.72. The minimum absolute atomic E-state index is 0.0681. The molecule has 0 aromatic rings. The number of hydrazine groups is 1. The van der Waals surface area contributed by atoms with Gasteiger partial charge in [0.25, 0.3) is 5.91 Å². The summed E-state index contributed by atoms with van der Waals surface area (Å²) in [6.07, 6.45) is 2.28. The number of fused-ring (bicyclic) bond motifs is 2. The second-order valence-corrected chi connectivity index (χ2v) is 5.03. The Morgan fingerprint density at radius 2 is 2.24 bits per heavy atom. The van der Waals surface area contributed by atoms with E-state index in [1.807, 2.05) is 0 Å². The van der Waals surface area contributed by atoms with Gasteiger partial charge in [-0.1, -0.05) is 0 Å². The third-order valence-electron chi connectivity index (χ3n) is 3.47. The van der Waals surface area contributed by atoms with Crippen LogP contribution < -0.4 is 5.43 Å². The Balaban J connectivity index is 2.08. The quantitative estimate of drug-likeness (QED) is 0.569. The third-order valence-corrected chi connectivity index (χ3v) is 3.70. The first-order valence-corrected chi connectivity index (χ1v) is 6.19. The van der Waals surface area contributed by atoms with Gasteiger partial charge in [-0.15, -0.1) is 0 Å². The predicted octanol–water partition coefficient (Wildman–Crippen LogP) is -0.0720. The molecule has 0 aromatic carbocycles. The third kappa shape index (κ3) is 2.30. The van der Waals surface area contributed by atoms with E-state index in [1.54, 1.807) is 19.1 Å². The van der Waals surface area contributed by atoms with Gasteiger partial charge in [0.1, 0.15) is 0 Å². The van der Waals surface area contributed by atoms with E-state index in [2.05, 4.69) is 14.9 Å². The summed E-state index contributed by atoms with van der Waals surface area (Å²) in [5.41, 5.74) is 2.73. The zero-order chi connectivity index (χ0) is 12.6. The van der Waals surface area contributed by atoms with Crippen molar-refractivity contribution in [3.05, 3.63) is 0 Å². The summed E-state index contributed by atoms with van der Waals surface area (Å²) in [5.74, 6) is -0.598. The molecule has 6 nitrogen and oxygen atoms in total. The lowest BCUT2D eigenvalue weighted by Crippen LogP contribution is -2.44. The van der Waals surface area contributed by atoms with Crippen LogP contribution in [-0.2, 0) is 14.2 Å². The van der Waals surface area contributed by atoms with Crippen LogP contribution in [0.1, 0.15) is 19.3 Å². The molecule has 1 aliphatic carbocycles. The first-order chi connectivity index (χ1) is 8.04. The van der Waals surface area contributed by atoms with E-state index in [0.29, 0.717) is 0 Å². The molecule has 2 rings (SSSR count). The molecular weight excluding hydrogens is 241 g/mol. The van der Waals surface area contributed by atoms with Crippen LogP contribution in [0, 0.1) is 11.8 Å². The Morgan fingerprint density at radius 3 is 2.82 bits per heavy atom. The Morgan fingerprint density at radius 1 is 1.53 bits per heavy atom. The van der Waals surface area contributed by atoms with Gasteiger partial charge in [0, 0.05) is 23.6 Å². The molecular formula is C10H18N3O3P. The molecule has 1 saturated heterocycles. The molecule has 1 aliphatic heterocycles. The van der Waals surface area contributed by atoms with Gasteiger partial charge in [0.15, 0.2) is 0 Å². The highest BCUT2D eigenvalue weighted by Crippen LogP contribution is 2.41. The number of nitrogens with zero attached hydrogens (tertiary/aromatic N) is 2. The fraction of sp³-hybridized carbons (Fsp3) is 0.800. The molecule has 1 heterocycles. The van der Waals surface area contributed by atoms with E-state index in [4.69, 9.17) is 4.62 Å². The summed E-state index contributed by atoms with van der Waals surface area (Å²) >= 11 is 0. The maximum Gasteiger partial charge on any atom is 0.250 e. The second-order valence-electron chi connectivity index (χ2n) is 4.82. The Hall–Kier alpha value is -0.710. The molecule has 1 N–H and O–H groups in total. The van der Waals surface area contributed by atoms with Crippen molar-refractivity contribution in [2.75, 3.05) is 14.1 Å². The number of carbonyl (C=O) groups excluding carboxylic acids is 2.